The van der Waals surface area contributed by atoms with Crippen LogP contribution in [0.1, 0.15) is 44.2 Å². The van der Waals surface area contributed by atoms with Crippen molar-refractivity contribution in [3.63, 3.8) is 0 Å². The van der Waals surface area contributed by atoms with Gasteiger partial charge in [-0.2, -0.15) is 0 Å². The number of carbonyl (C=O) groups excluding carboxylic acids is 2. The van der Waals surface area contributed by atoms with Crippen molar-refractivity contribution in [1.29, 1.82) is 0 Å². The second-order valence-electron chi connectivity index (χ2n) is 10.8. The monoisotopic (exact) mass is 498 g/mol. The smallest absolute Gasteiger partial charge is 0.331 e. The Hall–Kier alpha value is -3.07. The van der Waals surface area contributed by atoms with Crippen LogP contribution in [0.5, 0.6) is 11.5 Å². The molecule has 2 aliphatic heterocycles. The average molecular weight is 499 g/mol. The molecular formula is C27H34N2O7. The molecule has 36 heavy (non-hydrogen) atoms. The number of hydrogen-bond donors (Lipinski definition) is 2. The Kier molecular flexibility index (Phi) is 6.22. The van der Waals surface area contributed by atoms with E-state index < -0.39 is 30.0 Å². The number of carboxylic acid groups (broad SMARTS) is 1. The first-order valence-corrected chi connectivity index (χ1v) is 12.7. The van der Waals surface area contributed by atoms with E-state index in [1.165, 1.54) is 11.1 Å². The van der Waals surface area contributed by atoms with Crippen molar-refractivity contribution >= 4 is 17.8 Å². The van der Waals surface area contributed by atoms with E-state index in [9.17, 15) is 19.5 Å². The largest absolute Gasteiger partial charge is 0.493 e. The minimum absolute atomic E-state index is 0.231. The lowest BCUT2D eigenvalue weighted by atomic mass is 9.51. The first-order valence-electron chi connectivity index (χ1n) is 12.7. The number of likely N-dealkylation sites (tertiary alicyclic amines) is 1. The number of piperidine rings is 1. The molecule has 1 spiro atoms. The van der Waals surface area contributed by atoms with Gasteiger partial charge in [-0.1, -0.05) is 19.9 Å². The van der Waals surface area contributed by atoms with E-state index in [1.807, 2.05) is 6.07 Å². The molecule has 2 aliphatic carbocycles. The highest BCUT2D eigenvalue weighted by Crippen LogP contribution is 2.64. The molecule has 9 nitrogen and oxygen atoms in total. The molecular weight excluding hydrogens is 464 g/mol. The average Bonchev–Trinajstić information content (AvgIpc) is 3.19. The van der Waals surface area contributed by atoms with Gasteiger partial charge in [0.15, 0.2) is 11.5 Å². The lowest BCUT2D eigenvalue weighted by Crippen LogP contribution is -2.66. The fraction of sp³-hybridized carbons (Fsp3) is 0.593. The Balaban J connectivity index is 1.36. The molecule has 5 rings (SSSR count). The molecule has 6 atom stereocenters. The van der Waals surface area contributed by atoms with Gasteiger partial charge in [-0.15, -0.1) is 0 Å². The molecule has 194 valence electrons. The first-order chi connectivity index (χ1) is 17.2. The molecule has 2 unspecified atom stereocenters. The third-order valence-electron chi connectivity index (χ3n) is 8.61. The van der Waals surface area contributed by atoms with Crippen molar-refractivity contribution in [2.24, 2.45) is 11.8 Å². The van der Waals surface area contributed by atoms with Gasteiger partial charge < -0.3 is 29.5 Å². The van der Waals surface area contributed by atoms with Gasteiger partial charge in [-0.25, -0.2) is 9.59 Å². The van der Waals surface area contributed by atoms with Gasteiger partial charge in [0, 0.05) is 29.2 Å². The van der Waals surface area contributed by atoms with Crippen LogP contribution in [-0.4, -0.2) is 72.8 Å². The highest BCUT2D eigenvalue weighted by Gasteiger charge is 2.66. The van der Waals surface area contributed by atoms with Gasteiger partial charge in [-0.3, -0.25) is 4.79 Å². The molecule has 2 heterocycles. The maximum absolute atomic E-state index is 12.7. The minimum atomic E-state index is -1.12. The fourth-order valence-corrected chi connectivity index (χ4v) is 7.01. The Morgan fingerprint density at radius 3 is 2.72 bits per heavy atom. The number of ether oxygens (including phenoxy) is 3. The molecule has 1 aromatic carbocycles. The first kappa shape index (κ1) is 24.6. The minimum Gasteiger partial charge on any atom is -0.493 e. The van der Waals surface area contributed by atoms with Crippen LogP contribution in [0.3, 0.4) is 0 Å². The van der Waals surface area contributed by atoms with Gasteiger partial charge in [0.05, 0.1) is 7.11 Å². The molecule has 2 bridgehead atoms. The van der Waals surface area contributed by atoms with Gasteiger partial charge in [-0.05, 0) is 62.7 Å². The van der Waals surface area contributed by atoms with Gasteiger partial charge >= 0.3 is 11.9 Å². The molecule has 0 radical (unpaired) electrons. The van der Waals surface area contributed by atoms with Crippen LogP contribution in [0.4, 0.5) is 0 Å². The SMILES string of the molecule is COc1ccc2c3c1O[C@H]1[C@@H](OC(=O)/C=C/C(=O)NC(C(=O)O)C(C)C)CCC4[C@@H](C2)N(C)CC[C@@]341. The van der Waals surface area contributed by atoms with E-state index in [2.05, 4.69) is 23.3 Å². The third kappa shape index (κ3) is 3.75. The third-order valence-corrected chi connectivity index (χ3v) is 8.61. The summed E-state index contributed by atoms with van der Waals surface area (Å²) in [6.07, 6.45) is 4.79. The number of methoxy groups -OCH3 is 1. The molecule has 9 heteroatoms. The van der Waals surface area contributed by atoms with Gasteiger partial charge in [0.2, 0.25) is 5.91 Å². The molecule has 1 aromatic rings. The van der Waals surface area contributed by atoms with Crippen molar-refractivity contribution < 1.29 is 33.7 Å². The summed E-state index contributed by atoms with van der Waals surface area (Å²) in [6, 6.07) is 3.49. The van der Waals surface area contributed by atoms with Crippen molar-refractivity contribution in [1.82, 2.24) is 10.2 Å². The predicted octanol–water partition coefficient (Wildman–Crippen LogP) is 2.06. The number of esters is 1. The Labute approximate surface area is 210 Å². The normalized spacial score (nSPS) is 30.9. The summed E-state index contributed by atoms with van der Waals surface area (Å²) in [6.45, 7) is 4.34. The van der Waals surface area contributed by atoms with E-state index in [-0.39, 0.29) is 17.4 Å². The number of hydrogen-bond acceptors (Lipinski definition) is 7. The lowest BCUT2D eigenvalue weighted by Gasteiger charge is -2.58. The zero-order valence-corrected chi connectivity index (χ0v) is 21.2. The second kappa shape index (κ2) is 9.10. The summed E-state index contributed by atoms with van der Waals surface area (Å²) in [5.74, 6) is -0.830. The summed E-state index contributed by atoms with van der Waals surface area (Å²) in [7, 11) is 3.83. The number of likely N-dealkylation sites (N-methyl/N-ethyl adjacent to an activating group) is 1. The molecule has 2 N–H and O–H groups in total. The number of carbonyl (C=O) groups is 3. The van der Waals surface area contributed by atoms with Crippen molar-refractivity contribution in [3.8, 4) is 11.5 Å². The fourth-order valence-electron chi connectivity index (χ4n) is 7.01. The van der Waals surface area contributed by atoms with Crippen LogP contribution in [-0.2, 0) is 31.0 Å². The molecule has 0 aromatic heterocycles. The number of amides is 1. The second-order valence-corrected chi connectivity index (χ2v) is 10.8. The van der Waals surface area contributed by atoms with Gasteiger partial charge in [0.1, 0.15) is 18.2 Å². The van der Waals surface area contributed by atoms with Gasteiger partial charge in [0.25, 0.3) is 0 Å². The number of carboxylic acids is 1. The maximum atomic E-state index is 12.7. The van der Waals surface area contributed by atoms with Crippen molar-refractivity contribution in [3.05, 3.63) is 35.4 Å². The lowest BCUT2D eigenvalue weighted by molar-refractivity contribution is -0.160. The quantitative estimate of drug-likeness (QED) is 0.434. The number of nitrogens with one attached hydrogen (secondary N) is 1. The van der Waals surface area contributed by atoms with Crippen LogP contribution in [0.25, 0.3) is 0 Å². The standard InChI is InChI=1S/C27H34N2O7/c1-14(2)23(26(32)33)28-20(30)9-10-21(31)35-19-8-6-16-17-13-15-5-7-18(34-4)24-22(15)27(16,25(19)36-24)11-12-29(17)3/h5,7,9-10,14,16-17,19,23,25H,6,8,11-13H2,1-4H3,(H,28,30)(H,32,33)/b10-9+/t16?,17-,19+,23?,25+,27+/m1/s1. The van der Waals surface area contributed by atoms with Crippen LogP contribution in [0.15, 0.2) is 24.3 Å². The molecule has 4 aliphatic rings. The van der Waals surface area contributed by atoms with Crippen molar-refractivity contribution in [2.45, 2.75) is 69.2 Å². The van der Waals surface area contributed by atoms with Crippen LogP contribution in [0.2, 0.25) is 0 Å². The van der Waals surface area contributed by atoms with Crippen LogP contribution >= 0.6 is 0 Å². The highest BCUT2D eigenvalue weighted by atomic mass is 16.6. The number of nitrogens with zero attached hydrogens (tertiary/aromatic N) is 1. The molecule has 1 saturated heterocycles. The summed E-state index contributed by atoms with van der Waals surface area (Å²) in [4.78, 5) is 38.7. The summed E-state index contributed by atoms with van der Waals surface area (Å²) >= 11 is 0. The van der Waals surface area contributed by atoms with E-state index >= 15 is 0 Å². The van der Waals surface area contributed by atoms with Crippen molar-refractivity contribution in [2.75, 3.05) is 20.7 Å². The zero-order valence-electron chi connectivity index (χ0n) is 21.2. The number of rotatable bonds is 7. The van der Waals surface area contributed by atoms with E-state index in [4.69, 9.17) is 14.2 Å². The Morgan fingerprint density at radius 2 is 2.03 bits per heavy atom. The van der Waals surface area contributed by atoms with Crippen LogP contribution < -0.4 is 14.8 Å². The zero-order chi connectivity index (χ0) is 25.8. The molecule has 1 amide bonds. The Bertz CT molecular complexity index is 1120. The summed E-state index contributed by atoms with van der Waals surface area (Å²) in [5.41, 5.74) is 2.28. The topological polar surface area (TPSA) is 114 Å². The number of benzene rings is 1. The van der Waals surface area contributed by atoms with E-state index in [1.54, 1.807) is 21.0 Å². The van der Waals surface area contributed by atoms with E-state index in [0.717, 1.165) is 43.7 Å². The highest BCUT2D eigenvalue weighted by molar-refractivity contribution is 5.96. The summed E-state index contributed by atoms with van der Waals surface area (Å²) in [5, 5.41) is 11.7. The number of aliphatic carboxylic acids is 1. The molecule has 1 saturated carbocycles. The Morgan fingerprint density at radius 1 is 1.25 bits per heavy atom. The van der Waals surface area contributed by atoms with Crippen LogP contribution in [0, 0.1) is 11.8 Å². The summed E-state index contributed by atoms with van der Waals surface area (Å²) < 4.78 is 18.1. The predicted molar refractivity (Wildman–Crippen MR) is 130 cm³/mol. The van der Waals surface area contributed by atoms with E-state index in [0.29, 0.717) is 24.1 Å². The maximum Gasteiger partial charge on any atom is 0.331 e. The molecule has 2 fully saturated rings.